The second kappa shape index (κ2) is 8.57. The topological polar surface area (TPSA) is 76.7 Å². The summed E-state index contributed by atoms with van der Waals surface area (Å²) in [5.41, 5.74) is 1.20. The van der Waals surface area contributed by atoms with Crippen LogP contribution >= 0.6 is 0 Å². The third kappa shape index (κ3) is 5.01. The predicted molar refractivity (Wildman–Crippen MR) is 91.6 cm³/mol. The maximum Gasteiger partial charge on any atom is 0.251 e. The van der Waals surface area contributed by atoms with E-state index in [1.54, 1.807) is 62.8 Å². The first-order chi connectivity index (χ1) is 11.6. The predicted octanol–water partition coefficient (Wildman–Crippen LogP) is 2.46. The Morgan fingerprint density at radius 2 is 1.42 bits per heavy atom. The Hall–Kier alpha value is -3.02. The number of carbonyl (C=O) groups excluding carboxylic acids is 2. The zero-order valence-electron chi connectivity index (χ0n) is 13.7. The van der Waals surface area contributed by atoms with Crippen molar-refractivity contribution >= 4 is 17.5 Å². The molecule has 0 saturated heterocycles. The standard InChI is InChI=1S/C18H20N2O4/c1-23-15-7-3-13(4-8-15)18(22)19-12-11-17(21)20-14-5-9-16(24-2)10-6-14/h3-10H,11-12H2,1-2H3,(H,19,22)(H,20,21). The van der Waals surface area contributed by atoms with E-state index in [0.29, 0.717) is 17.0 Å². The monoisotopic (exact) mass is 328 g/mol. The summed E-state index contributed by atoms with van der Waals surface area (Å²) >= 11 is 0. The molecule has 0 fully saturated rings. The Bertz CT molecular complexity index is 681. The Balaban J connectivity index is 1.75. The lowest BCUT2D eigenvalue weighted by Gasteiger charge is -2.08. The third-order valence-electron chi connectivity index (χ3n) is 3.36. The lowest BCUT2D eigenvalue weighted by Crippen LogP contribution is -2.27. The van der Waals surface area contributed by atoms with Gasteiger partial charge in [-0.2, -0.15) is 0 Å². The van der Waals surface area contributed by atoms with Crippen molar-refractivity contribution in [3.8, 4) is 11.5 Å². The summed E-state index contributed by atoms with van der Waals surface area (Å²) in [5.74, 6) is 1.01. The van der Waals surface area contributed by atoms with Crippen molar-refractivity contribution in [3.05, 3.63) is 54.1 Å². The number of amides is 2. The number of carbonyl (C=O) groups is 2. The van der Waals surface area contributed by atoms with Crippen molar-refractivity contribution in [1.82, 2.24) is 5.32 Å². The van der Waals surface area contributed by atoms with Gasteiger partial charge in [0.2, 0.25) is 5.91 Å². The number of hydrogen-bond donors (Lipinski definition) is 2. The lowest BCUT2D eigenvalue weighted by atomic mass is 10.2. The van der Waals surface area contributed by atoms with Crippen LogP contribution in [0, 0.1) is 0 Å². The molecule has 126 valence electrons. The molecule has 0 heterocycles. The van der Waals surface area contributed by atoms with Crippen LogP contribution in [0.2, 0.25) is 0 Å². The van der Waals surface area contributed by atoms with Gasteiger partial charge >= 0.3 is 0 Å². The van der Waals surface area contributed by atoms with Crippen LogP contribution in [-0.2, 0) is 4.79 Å². The molecule has 6 heteroatoms. The van der Waals surface area contributed by atoms with Crippen molar-refractivity contribution in [3.63, 3.8) is 0 Å². The van der Waals surface area contributed by atoms with E-state index in [1.807, 2.05) is 0 Å². The van der Waals surface area contributed by atoms with Crippen LogP contribution in [0.3, 0.4) is 0 Å². The van der Waals surface area contributed by atoms with Gasteiger partial charge in [0.25, 0.3) is 5.91 Å². The van der Waals surface area contributed by atoms with Crippen LogP contribution in [-0.4, -0.2) is 32.6 Å². The number of rotatable bonds is 7. The van der Waals surface area contributed by atoms with Crippen LogP contribution in [0.5, 0.6) is 11.5 Å². The zero-order chi connectivity index (χ0) is 17.4. The molecule has 0 bridgehead atoms. The highest BCUT2D eigenvalue weighted by Crippen LogP contribution is 2.15. The van der Waals surface area contributed by atoms with Crippen LogP contribution in [0.15, 0.2) is 48.5 Å². The van der Waals surface area contributed by atoms with Crippen molar-refractivity contribution < 1.29 is 19.1 Å². The van der Waals surface area contributed by atoms with E-state index in [4.69, 9.17) is 9.47 Å². The van der Waals surface area contributed by atoms with Gasteiger partial charge in [-0.1, -0.05) is 0 Å². The average molecular weight is 328 g/mol. The Morgan fingerprint density at radius 3 is 1.96 bits per heavy atom. The Morgan fingerprint density at radius 1 is 0.875 bits per heavy atom. The maximum absolute atomic E-state index is 12.0. The highest BCUT2D eigenvalue weighted by Gasteiger charge is 2.07. The maximum atomic E-state index is 12.0. The fourth-order valence-corrected chi connectivity index (χ4v) is 2.03. The molecule has 0 aromatic heterocycles. The van der Waals surface area contributed by atoms with Crippen molar-refractivity contribution in [2.45, 2.75) is 6.42 Å². The molecule has 2 aromatic carbocycles. The van der Waals surface area contributed by atoms with E-state index in [2.05, 4.69) is 10.6 Å². The largest absolute Gasteiger partial charge is 0.497 e. The summed E-state index contributed by atoms with van der Waals surface area (Å²) in [6, 6.07) is 13.8. The van der Waals surface area contributed by atoms with Gasteiger partial charge in [-0.3, -0.25) is 9.59 Å². The molecule has 2 amide bonds. The Kier molecular flexibility index (Phi) is 6.19. The first kappa shape index (κ1) is 17.3. The van der Waals surface area contributed by atoms with E-state index in [-0.39, 0.29) is 24.8 Å². The van der Waals surface area contributed by atoms with Crippen molar-refractivity contribution in [1.29, 1.82) is 0 Å². The first-order valence-corrected chi connectivity index (χ1v) is 7.48. The molecular weight excluding hydrogens is 308 g/mol. The van der Waals surface area contributed by atoms with Crippen LogP contribution in [0.25, 0.3) is 0 Å². The molecule has 0 unspecified atom stereocenters. The van der Waals surface area contributed by atoms with E-state index in [9.17, 15) is 9.59 Å². The average Bonchev–Trinajstić information content (AvgIpc) is 2.62. The molecular formula is C18H20N2O4. The van der Waals surface area contributed by atoms with Gasteiger partial charge in [0, 0.05) is 24.2 Å². The second-order valence-corrected chi connectivity index (χ2v) is 5.01. The van der Waals surface area contributed by atoms with Crippen LogP contribution < -0.4 is 20.1 Å². The molecule has 2 rings (SSSR count). The second-order valence-electron chi connectivity index (χ2n) is 5.01. The molecule has 0 atom stereocenters. The number of methoxy groups -OCH3 is 2. The number of nitrogens with one attached hydrogen (secondary N) is 2. The minimum atomic E-state index is -0.227. The van der Waals surface area contributed by atoms with E-state index in [0.717, 1.165) is 5.75 Å². The minimum Gasteiger partial charge on any atom is -0.497 e. The molecule has 24 heavy (non-hydrogen) atoms. The van der Waals surface area contributed by atoms with Crippen molar-refractivity contribution in [2.24, 2.45) is 0 Å². The summed E-state index contributed by atoms with van der Waals surface area (Å²) < 4.78 is 10.1. The number of hydrogen-bond acceptors (Lipinski definition) is 4. The Labute approximate surface area is 140 Å². The smallest absolute Gasteiger partial charge is 0.251 e. The fourth-order valence-electron chi connectivity index (χ4n) is 2.03. The molecule has 0 radical (unpaired) electrons. The third-order valence-corrected chi connectivity index (χ3v) is 3.36. The molecule has 6 nitrogen and oxygen atoms in total. The summed E-state index contributed by atoms with van der Waals surface area (Å²) in [6.45, 7) is 0.257. The number of anilines is 1. The minimum absolute atomic E-state index is 0.171. The highest BCUT2D eigenvalue weighted by atomic mass is 16.5. The van der Waals surface area contributed by atoms with E-state index in [1.165, 1.54) is 0 Å². The number of ether oxygens (including phenoxy) is 2. The quantitative estimate of drug-likeness (QED) is 0.818. The van der Waals surface area contributed by atoms with Crippen LogP contribution in [0.4, 0.5) is 5.69 Å². The number of benzene rings is 2. The van der Waals surface area contributed by atoms with Gasteiger partial charge in [-0.15, -0.1) is 0 Å². The van der Waals surface area contributed by atoms with Crippen LogP contribution in [0.1, 0.15) is 16.8 Å². The molecule has 0 saturated carbocycles. The molecule has 2 N–H and O–H groups in total. The normalized spacial score (nSPS) is 9.92. The molecule has 0 aliphatic carbocycles. The van der Waals surface area contributed by atoms with Gasteiger partial charge in [0.15, 0.2) is 0 Å². The molecule has 0 aliphatic rings. The van der Waals surface area contributed by atoms with Gasteiger partial charge < -0.3 is 20.1 Å². The summed E-state index contributed by atoms with van der Waals surface area (Å²) in [7, 11) is 3.15. The van der Waals surface area contributed by atoms with E-state index >= 15 is 0 Å². The molecule has 2 aromatic rings. The highest BCUT2D eigenvalue weighted by molar-refractivity contribution is 5.95. The van der Waals surface area contributed by atoms with Gasteiger partial charge in [0.05, 0.1) is 14.2 Å². The molecule has 0 aliphatic heterocycles. The van der Waals surface area contributed by atoms with Crippen molar-refractivity contribution in [2.75, 3.05) is 26.1 Å². The first-order valence-electron chi connectivity index (χ1n) is 7.48. The zero-order valence-corrected chi connectivity index (χ0v) is 13.7. The summed E-state index contributed by atoms with van der Waals surface area (Å²) in [5, 5.41) is 5.47. The molecule has 0 spiro atoms. The van der Waals surface area contributed by atoms with Gasteiger partial charge in [-0.05, 0) is 48.5 Å². The fraction of sp³-hybridized carbons (Fsp3) is 0.222. The van der Waals surface area contributed by atoms with Gasteiger partial charge in [-0.25, -0.2) is 0 Å². The van der Waals surface area contributed by atoms with Gasteiger partial charge in [0.1, 0.15) is 11.5 Å². The summed E-state index contributed by atoms with van der Waals surface area (Å²) in [4.78, 5) is 23.8. The SMILES string of the molecule is COc1ccc(NC(=O)CCNC(=O)c2ccc(OC)cc2)cc1. The van der Waals surface area contributed by atoms with E-state index < -0.39 is 0 Å². The lowest BCUT2D eigenvalue weighted by molar-refractivity contribution is -0.116. The summed E-state index contributed by atoms with van der Waals surface area (Å²) in [6.07, 6.45) is 0.188.